The summed E-state index contributed by atoms with van der Waals surface area (Å²) in [6, 6.07) is 5.61. The molecule has 1 saturated heterocycles. The quantitative estimate of drug-likeness (QED) is 0.772. The SMILES string of the molecule is COc1ccc(C=O)cc1CN1CCCN(C)CC1. The van der Waals surface area contributed by atoms with Gasteiger partial charge in [0.15, 0.2) is 0 Å². The molecule has 0 amide bonds. The van der Waals surface area contributed by atoms with Crippen molar-refractivity contribution in [2.24, 2.45) is 0 Å². The van der Waals surface area contributed by atoms with Gasteiger partial charge < -0.3 is 9.64 Å². The van der Waals surface area contributed by atoms with Gasteiger partial charge in [-0.15, -0.1) is 0 Å². The van der Waals surface area contributed by atoms with Gasteiger partial charge >= 0.3 is 0 Å². The lowest BCUT2D eigenvalue weighted by molar-refractivity contribution is 0.112. The van der Waals surface area contributed by atoms with Gasteiger partial charge in [0, 0.05) is 30.8 Å². The maximum absolute atomic E-state index is 10.9. The largest absolute Gasteiger partial charge is 0.496 e. The summed E-state index contributed by atoms with van der Waals surface area (Å²) >= 11 is 0. The molecule has 0 N–H and O–H groups in total. The molecule has 0 atom stereocenters. The molecule has 0 bridgehead atoms. The standard InChI is InChI=1S/C15H22N2O2/c1-16-6-3-7-17(9-8-16)11-14-10-13(12-18)4-5-15(14)19-2/h4-5,10,12H,3,6-9,11H2,1-2H3. The van der Waals surface area contributed by atoms with E-state index in [-0.39, 0.29) is 0 Å². The third-order valence-corrected chi connectivity index (χ3v) is 3.65. The maximum atomic E-state index is 10.9. The highest BCUT2D eigenvalue weighted by molar-refractivity contribution is 5.75. The Morgan fingerprint density at radius 1 is 1.26 bits per heavy atom. The van der Waals surface area contributed by atoms with Crippen LogP contribution in [-0.2, 0) is 6.54 Å². The van der Waals surface area contributed by atoms with Crippen molar-refractivity contribution in [3.63, 3.8) is 0 Å². The van der Waals surface area contributed by atoms with Gasteiger partial charge in [-0.2, -0.15) is 0 Å². The van der Waals surface area contributed by atoms with E-state index in [0.717, 1.165) is 50.3 Å². The number of rotatable bonds is 4. The topological polar surface area (TPSA) is 32.8 Å². The van der Waals surface area contributed by atoms with Crippen LogP contribution in [0.25, 0.3) is 0 Å². The second-order valence-electron chi connectivity index (χ2n) is 5.12. The molecule has 0 aromatic heterocycles. The van der Waals surface area contributed by atoms with Crippen LogP contribution in [0.4, 0.5) is 0 Å². The summed E-state index contributed by atoms with van der Waals surface area (Å²) in [6.07, 6.45) is 2.07. The van der Waals surface area contributed by atoms with Crippen LogP contribution in [0.5, 0.6) is 5.75 Å². The van der Waals surface area contributed by atoms with Crippen LogP contribution < -0.4 is 4.74 Å². The maximum Gasteiger partial charge on any atom is 0.150 e. The Morgan fingerprint density at radius 2 is 2.11 bits per heavy atom. The Labute approximate surface area is 115 Å². The average Bonchev–Trinajstić information content (AvgIpc) is 2.63. The zero-order chi connectivity index (χ0) is 13.7. The predicted molar refractivity (Wildman–Crippen MR) is 75.8 cm³/mol. The first kappa shape index (κ1) is 14.0. The first-order valence-corrected chi connectivity index (χ1v) is 6.76. The fraction of sp³-hybridized carbons (Fsp3) is 0.533. The van der Waals surface area contributed by atoms with E-state index in [1.54, 1.807) is 13.2 Å². The molecular weight excluding hydrogens is 240 g/mol. The molecule has 1 aliphatic heterocycles. The number of likely N-dealkylation sites (N-methyl/N-ethyl adjacent to an activating group) is 1. The minimum absolute atomic E-state index is 0.711. The number of ether oxygens (including phenoxy) is 1. The molecule has 19 heavy (non-hydrogen) atoms. The number of nitrogens with zero attached hydrogens (tertiary/aromatic N) is 2. The molecule has 0 unspecified atom stereocenters. The minimum atomic E-state index is 0.711. The van der Waals surface area contributed by atoms with E-state index >= 15 is 0 Å². The van der Waals surface area contributed by atoms with Gasteiger partial charge in [0.2, 0.25) is 0 Å². The van der Waals surface area contributed by atoms with Crippen molar-refractivity contribution < 1.29 is 9.53 Å². The van der Waals surface area contributed by atoms with Gasteiger partial charge in [0.25, 0.3) is 0 Å². The molecule has 0 saturated carbocycles. The third-order valence-electron chi connectivity index (χ3n) is 3.65. The lowest BCUT2D eigenvalue weighted by atomic mass is 10.1. The number of carbonyl (C=O) groups excluding carboxylic acids is 1. The van der Waals surface area contributed by atoms with Crippen molar-refractivity contribution in [2.75, 3.05) is 40.3 Å². The van der Waals surface area contributed by atoms with E-state index in [1.807, 2.05) is 12.1 Å². The first-order chi connectivity index (χ1) is 9.22. The molecule has 1 fully saturated rings. The lowest BCUT2D eigenvalue weighted by Crippen LogP contribution is -2.28. The van der Waals surface area contributed by atoms with E-state index in [2.05, 4.69) is 16.8 Å². The first-order valence-electron chi connectivity index (χ1n) is 6.76. The smallest absolute Gasteiger partial charge is 0.150 e. The summed E-state index contributed by atoms with van der Waals surface area (Å²) < 4.78 is 5.39. The Balaban J connectivity index is 2.10. The number of hydrogen-bond donors (Lipinski definition) is 0. The summed E-state index contributed by atoms with van der Waals surface area (Å²) in [5.74, 6) is 0.864. The molecule has 104 valence electrons. The van der Waals surface area contributed by atoms with Crippen LogP contribution in [0.1, 0.15) is 22.3 Å². The van der Waals surface area contributed by atoms with E-state index < -0.39 is 0 Å². The summed E-state index contributed by atoms with van der Waals surface area (Å²) in [5.41, 5.74) is 1.80. The van der Waals surface area contributed by atoms with Gasteiger partial charge in [0.05, 0.1) is 7.11 Å². The summed E-state index contributed by atoms with van der Waals surface area (Å²) in [7, 11) is 3.84. The predicted octanol–water partition coefficient (Wildman–Crippen LogP) is 1.65. The molecule has 0 spiro atoms. The van der Waals surface area contributed by atoms with Gasteiger partial charge in [-0.3, -0.25) is 9.69 Å². The van der Waals surface area contributed by atoms with E-state index in [9.17, 15) is 4.79 Å². The average molecular weight is 262 g/mol. The van der Waals surface area contributed by atoms with Crippen molar-refractivity contribution in [2.45, 2.75) is 13.0 Å². The second kappa shape index (κ2) is 6.68. The molecule has 4 heteroatoms. The molecule has 1 aliphatic rings. The van der Waals surface area contributed by atoms with Gasteiger partial charge in [-0.1, -0.05) is 0 Å². The molecule has 1 heterocycles. The van der Waals surface area contributed by atoms with Crippen molar-refractivity contribution >= 4 is 6.29 Å². The van der Waals surface area contributed by atoms with Gasteiger partial charge in [-0.25, -0.2) is 0 Å². The van der Waals surface area contributed by atoms with E-state index in [0.29, 0.717) is 5.56 Å². The Hall–Kier alpha value is -1.39. The van der Waals surface area contributed by atoms with Crippen molar-refractivity contribution in [1.29, 1.82) is 0 Å². The molecule has 0 radical (unpaired) electrons. The van der Waals surface area contributed by atoms with E-state index in [1.165, 1.54) is 6.42 Å². The molecule has 0 aliphatic carbocycles. The normalized spacial score (nSPS) is 18.0. The molecule has 1 aromatic rings. The number of methoxy groups -OCH3 is 1. The summed E-state index contributed by atoms with van der Waals surface area (Å²) in [5, 5.41) is 0. The van der Waals surface area contributed by atoms with Crippen molar-refractivity contribution in [1.82, 2.24) is 9.80 Å². The Kier molecular flexibility index (Phi) is 4.93. The number of carbonyl (C=O) groups is 1. The fourth-order valence-corrected chi connectivity index (χ4v) is 2.49. The van der Waals surface area contributed by atoms with Crippen LogP contribution in [0, 0.1) is 0 Å². The zero-order valence-electron chi connectivity index (χ0n) is 11.8. The highest BCUT2D eigenvalue weighted by atomic mass is 16.5. The fourth-order valence-electron chi connectivity index (χ4n) is 2.49. The second-order valence-corrected chi connectivity index (χ2v) is 5.12. The highest BCUT2D eigenvalue weighted by Gasteiger charge is 2.14. The van der Waals surface area contributed by atoms with Crippen LogP contribution in [0.3, 0.4) is 0 Å². The summed E-state index contributed by atoms with van der Waals surface area (Å²) in [6.45, 7) is 5.25. The van der Waals surface area contributed by atoms with Gasteiger partial charge in [-0.05, 0) is 44.8 Å². The van der Waals surface area contributed by atoms with Crippen LogP contribution >= 0.6 is 0 Å². The Morgan fingerprint density at radius 3 is 2.84 bits per heavy atom. The molecular formula is C15H22N2O2. The van der Waals surface area contributed by atoms with Gasteiger partial charge in [0.1, 0.15) is 12.0 Å². The van der Waals surface area contributed by atoms with Crippen LogP contribution in [0.15, 0.2) is 18.2 Å². The number of benzene rings is 1. The molecule has 1 aromatic carbocycles. The molecule has 4 nitrogen and oxygen atoms in total. The highest BCUT2D eigenvalue weighted by Crippen LogP contribution is 2.21. The van der Waals surface area contributed by atoms with E-state index in [4.69, 9.17) is 4.74 Å². The lowest BCUT2D eigenvalue weighted by Gasteiger charge is -2.21. The zero-order valence-corrected chi connectivity index (χ0v) is 11.8. The third kappa shape index (κ3) is 3.78. The van der Waals surface area contributed by atoms with Crippen LogP contribution in [0.2, 0.25) is 0 Å². The van der Waals surface area contributed by atoms with Crippen LogP contribution in [-0.4, -0.2) is 56.4 Å². The van der Waals surface area contributed by atoms with Crippen molar-refractivity contribution in [3.05, 3.63) is 29.3 Å². The number of hydrogen-bond acceptors (Lipinski definition) is 4. The Bertz CT molecular complexity index is 434. The minimum Gasteiger partial charge on any atom is -0.496 e. The number of aldehydes is 1. The summed E-state index contributed by atoms with van der Waals surface area (Å²) in [4.78, 5) is 15.7. The molecule has 2 rings (SSSR count). The van der Waals surface area contributed by atoms with Crippen molar-refractivity contribution in [3.8, 4) is 5.75 Å². The monoisotopic (exact) mass is 262 g/mol.